The van der Waals surface area contributed by atoms with Crippen LogP contribution in [-0.2, 0) is 71.4 Å². The van der Waals surface area contributed by atoms with Crippen LogP contribution in [0, 0.1) is 23.4 Å². The maximum Gasteiger partial charge on any atom is 0.332 e. The van der Waals surface area contributed by atoms with Gasteiger partial charge in [-0.05, 0) is 159 Å². The molecular formula is C46H66N6O6S2. The molecule has 0 spiro atoms. The maximum absolute atomic E-state index is 12.7. The first-order valence-electron chi connectivity index (χ1n) is 23.1. The Bertz CT molecular complexity index is 2080. The molecule has 0 atom stereocenters. The van der Waals surface area contributed by atoms with Gasteiger partial charge in [0.15, 0.2) is 0 Å². The summed E-state index contributed by atoms with van der Waals surface area (Å²) in [5.41, 5.74) is 11.4. The van der Waals surface area contributed by atoms with Gasteiger partial charge < -0.3 is 19.9 Å². The molecular weight excluding hydrogens is 797 g/mol. The Hall–Kier alpha value is -3.22. The number of ether oxygens (including phenoxy) is 1. The van der Waals surface area contributed by atoms with Gasteiger partial charge in [-0.2, -0.15) is 0 Å². The maximum atomic E-state index is 12.7. The quantitative estimate of drug-likeness (QED) is 0.240. The number of urea groups is 1. The molecule has 2 saturated heterocycles. The summed E-state index contributed by atoms with van der Waals surface area (Å²) >= 11 is 0. The standard InChI is InChI=1S/C23H33N3O3S.C13H13NO.C10H20N2O2S/c27-23(24-22-20-10-4-8-17(20)12-18-9-5-11-21(18)22)25-30(28,29)19-14-26(15-19)13-16-6-2-1-3-7-16;14-8-15-13-11-5-1-3-9(11)7-10-4-2-6-12(10)13;11-15(13,14)10-7-12(8-10)6-9-4-2-1-3-5-9/h12,16,19H,1-11,13-15H2,(H2,24,25,27);7H,1-6H2;9-10H,1-8H2,(H2,11,13,14). The lowest BCUT2D eigenvalue weighted by atomic mass is 9.88. The number of nitrogens with one attached hydrogen (secondary N) is 2. The van der Waals surface area contributed by atoms with E-state index in [1.54, 1.807) is 0 Å². The van der Waals surface area contributed by atoms with Crippen LogP contribution in [0.1, 0.15) is 134 Å². The van der Waals surface area contributed by atoms with Crippen molar-refractivity contribution < 1.29 is 26.4 Å². The number of fused-ring (bicyclic) bond motifs is 4. The van der Waals surface area contributed by atoms with Gasteiger partial charge in [-0.3, -0.25) is 0 Å². The number of sulfonamides is 2. The van der Waals surface area contributed by atoms with E-state index in [0.717, 1.165) is 94.7 Å². The number of amides is 2. The highest BCUT2D eigenvalue weighted by atomic mass is 32.2. The van der Waals surface area contributed by atoms with Gasteiger partial charge in [0, 0.05) is 45.0 Å². The largest absolute Gasteiger partial charge is 0.387 e. The number of hydrogen-bond acceptors (Lipinski definition) is 9. The molecule has 328 valence electrons. The second-order valence-corrected chi connectivity index (χ2v) is 22.8. The summed E-state index contributed by atoms with van der Waals surface area (Å²) in [4.78, 5) is 17.1. The van der Waals surface area contributed by atoms with Gasteiger partial charge in [-0.25, -0.2) is 31.5 Å². The van der Waals surface area contributed by atoms with E-state index in [2.05, 4.69) is 32.0 Å². The Morgan fingerprint density at radius 1 is 0.633 bits per heavy atom. The summed E-state index contributed by atoms with van der Waals surface area (Å²) in [6, 6.07) is 4.05. The number of carbonyl (C=O) groups is 1. The van der Waals surface area contributed by atoms with Crippen LogP contribution in [0.15, 0.2) is 12.1 Å². The summed E-state index contributed by atoms with van der Waals surface area (Å²) in [6.07, 6.45) is 28.1. The van der Waals surface area contributed by atoms with E-state index in [-0.39, 0.29) is 5.25 Å². The molecule has 2 amide bonds. The first kappa shape index (κ1) is 43.4. The SMILES string of the molecule is N#COc1c2c(cc3c1CCC3)CCC2.NS(=O)(=O)C1CN(CC2CCCCC2)C1.O=C(Nc1c2c(cc3c1CCC3)CCC2)NS(=O)(=O)C1CN(CC2CCCCC2)C1. The molecule has 12 nitrogen and oxygen atoms in total. The Morgan fingerprint density at radius 2 is 1.05 bits per heavy atom. The second-order valence-electron chi connectivity index (χ2n) is 19.0. The van der Waals surface area contributed by atoms with Crippen LogP contribution in [0.25, 0.3) is 0 Å². The molecule has 4 fully saturated rings. The summed E-state index contributed by atoms with van der Waals surface area (Å²) in [5, 5.41) is 15.9. The van der Waals surface area contributed by atoms with Crippen molar-refractivity contribution in [3.8, 4) is 12.0 Å². The van der Waals surface area contributed by atoms with E-state index < -0.39 is 31.3 Å². The molecule has 0 aromatic heterocycles. The molecule has 2 heterocycles. The van der Waals surface area contributed by atoms with Gasteiger partial charge in [0.05, 0.1) is 0 Å². The van der Waals surface area contributed by atoms with Gasteiger partial charge in [0.1, 0.15) is 16.2 Å². The third-order valence-corrected chi connectivity index (χ3v) is 17.6. The Labute approximate surface area is 358 Å². The lowest BCUT2D eigenvalue weighted by Crippen LogP contribution is -2.59. The van der Waals surface area contributed by atoms with E-state index in [1.165, 1.54) is 122 Å². The molecule has 0 bridgehead atoms. The number of benzene rings is 2. The number of nitriles is 1. The zero-order valence-electron chi connectivity index (χ0n) is 35.4. The Balaban J connectivity index is 0.000000139. The van der Waals surface area contributed by atoms with Crippen LogP contribution < -0.4 is 19.9 Å². The first-order valence-corrected chi connectivity index (χ1v) is 26.3. The lowest BCUT2D eigenvalue weighted by molar-refractivity contribution is 0.138. The minimum absolute atomic E-state index is 0.305. The summed E-state index contributed by atoms with van der Waals surface area (Å²) in [7, 11) is -6.93. The molecule has 2 aromatic rings. The molecule has 0 radical (unpaired) electrons. The Morgan fingerprint density at radius 3 is 1.48 bits per heavy atom. The van der Waals surface area contributed by atoms with Crippen molar-refractivity contribution in [2.45, 2.75) is 152 Å². The fourth-order valence-electron chi connectivity index (χ4n) is 11.5. The second kappa shape index (κ2) is 19.0. The Kier molecular flexibility index (Phi) is 13.8. The topological polar surface area (TPSA) is 175 Å². The van der Waals surface area contributed by atoms with Gasteiger partial charge in [0.25, 0.3) is 6.26 Å². The predicted octanol–water partition coefficient (Wildman–Crippen LogP) is 6.44. The fraction of sp³-hybridized carbons (Fsp3) is 0.696. The van der Waals surface area contributed by atoms with Crippen LogP contribution in [-0.4, -0.2) is 82.4 Å². The number of nitrogens with zero attached hydrogens (tertiary/aromatic N) is 3. The predicted molar refractivity (Wildman–Crippen MR) is 235 cm³/mol. The molecule has 0 unspecified atom stereocenters. The third kappa shape index (κ3) is 10.2. The monoisotopic (exact) mass is 862 g/mol. The third-order valence-electron chi connectivity index (χ3n) is 14.7. The van der Waals surface area contributed by atoms with E-state index >= 15 is 0 Å². The summed E-state index contributed by atoms with van der Waals surface area (Å²) in [5.74, 6) is 2.40. The summed E-state index contributed by atoms with van der Waals surface area (Å²) in [6.45, 7) is 4.45. The van der Waals surface area contributed by atoms with Crippen molar-refractivity contribution in [2.24, 2.45) is 17.0 Å². The molecule has 8 aliphatic rings. The van der Waals surface area contributed by atoms with Crippen molar-refractivity contribution in [2.75, 3.05) is 44.6 Å². The van der Waals surface area contributed by atoms with Crippen LogP contribution in [0.4, 0.5) is 10.5 Å². The minimum atomic E-state index is -3.65. The number of aryl methyl sites for hydroxylation is 4. The normalized spacial score (nSPS) is 22.1. The van der Waals surface area contributed by atoms with E-state index in [9.17, 15) is 21.6 Å². The van der Waals surface area contributed by atoms with Gasteiger partial charge in [-0.1, -0.05) is 50.7 Å². The van der Waals surface area contributed by atoms with Crippen molar-refractivity contribution in [3.05, 3.63) is 56.6 Å². The smallest absolute Gasteiger partial charge is 0.332 e. The zero-order chi connectivity index (χ0) is 41.9. The number of primary sulfonamides is 1. The van der Waals surface area contributed by atoms with Gasteiger partial charge >= 0.3 is 6.03 Å². The molecule has 10 rings (SSSR count). The highest BCUT2D eigenvalue weighted by molar-refractivity contribution is 7.90. The van der Waals surface area contributed by atoms with Gasteiger partial charge in [0.2, 0.25) is 20.0 Å². The molecule has 4 N–H and O–H groups in total. The van der Waals surface area contributed by atoms with Crippen LogP contribution in [0.5, 0.6) is 5.75 Å². The van der Waals surface area contributed by atoms with Crippen LogP contribution in [0.2, 0.25) is 0 Å². The molecule has 2 aromatic carbocycles. The van der Waals surface area contributed by atoms with Crippen molar-refractivity contribution in [1.82, 2.24) is 14.5 Å². The number of rotatable bonds is 9. The molecule has 6 aliphatic carbocycles. The number of anilines is 1. The van der Waals surface area contributed by atoms with Crippen LogP contribution >= 0.6 is 0 Å². The number of carbonyl (C=O) groups excluding carboxylic acids is 1. The van der Waals surface area contributed by atoms with Crippen molar-refractivity contribution in [1.29, 1.82) is 5.26 Å². The van der Waals surface area contributed by atoms with E-state index in [4.69, 9.17) is 15.1 Å². The highest BCUT2D eigenvalue weighted by Gasteiger charge is 2.40. The highest BCUT2D eigenvalue weighted by Crippen LogP contribution is 2.41. The number of likely N-dealkylation sites (tertiary alicyclic amines) is 2. The van der Waals surface area contributed by atoms with Crippen molar-refractivity contribution >= 4 is 31.8 Å². The van der Waals surface area contributed by atoms with Gasteiger partial charge in [-0.15, -0.1) is 5.26 Å². The van der Waals surface area contributed by atoms with E-state index in [0.29, 0.717) is 32.1 Å². The molecule has 2 aliphatic heterocycles. The van der Waals surface area contributed by atoms with Crippen LogP contribution in [0.3, 0.4) is 0 Å². The number of nitrogens with two attached hydrogens (primary N) is 1. The first-order chi connectivity index (χ1) is 28.9. The summed E-state index contributed by atoms with van der Waals surface area (Å²) < 4.78 is 55.0. The number of hydrogen-bond donors (Lipinski definition) is 3. The fourth-order valence-corrected chi connectivity index (χ4v) is 13.6. The minimum Gasteiger partial charge on any atom is -0.387 e. The average molecular weight is 863 g/mol. The molecule has 60 heavy (non-hydrogen) atoms. The molecule has 14 heteroatoms. The molecule has 2 saturated carbocycles. The van der Waals surface area contributed by atoms with E-state index in [1.807, 2.05) is 6.26 Å². The lowest BCUT2D eigenvalue weighted by Gasteiger charge is -2.41. The zero-order valence-corrected chi connectivity index (χ0v) is 37.1. The van der Waals surface area contributed by atoms with Crippen molar-refractivity contribution in [3.63, 3.8) is 0 Å². The average Bonchev–Trinajstić information content (AvgIpc) is 4.03.